The second-order valence-corrected chi connectivity index (χ2v) is 39.9. The summed E-state index contributed by atoms with van der Waals surface area (Å²) in [5.74, 6) is -2.20. The summed E-state index contributed by atoms with van der Waals surface area (Å²) in [6, 6.07) is 9.53. The lowest BCUT2D eigenvalue weighted by Crippen LogP contribution is -2.45. The molecular formula is C102H170N20O22S3. The molecule has 2 bridgehead atoms. The summed E-state index contributed by atoms with van der Waals surface area (Å²) in [5, 5.41) is 55.4. The zero-order valence-corrected chi connectivity index (χ0v) is 89.4. The van der Waals surface area contributed by atoms with Crippen molar-refractivity contribution in [3.63, 3.8) is 0 Å². The molecule has 1 aromatic heterocycles. The third-order valence-electron chi connectivity index (χ3n) is 25.0. The maximum absolute atomic E-state index is 14.3. The average Bonchev–Trinajstić information content (AvgIpc) is 1.67. The number of guanidine groups is 2. The molecule has 2 aromatic carbocycles. The highest BCUT2D eigenvalue weighted by Gasteiger charge is 2.32. The van der Waals surface area contributed by atoms with E-state index in [0.29, 0.717) is 257 Å². The Labute approximate surface area is 879 Å². The number of phenolic OH excluding ortho intramolecular Hbond substituents is 2. The van der Waals surface area contributed by atoms with Gasteiger partial charge in [-0.2, -0.15) is 23.5 Å². The van der Waals surface area contributed by atoms with Crippen LogP contribution in [0.15, 0.2) is 64.7 Å². The number of fused-ring (bicyclic) bond motifs is 2. The Morgan fingerprint density at radius 1 is 0.537 bits per heavy atom. The van der Waals surface area contributed by atoms with Crippen LogP contribution < -0.4 is 82.3 Å². The summed E-state index contributed by atoms with van der Waals surface area (Å²) in [6.07, 6.45) is 19.6. The maximum Gasteiger partial charge on any atom is 0.245 e. The molecule has 2 aliphatic rings. The molecule has 5 rings (SSSR count). The summed E-state index contributed by atoms with van der Waals surface area (Å²) in [6.45, 7) is 10.4. The molecule has 3 aromatic rings. The summed E-state index contributed by atoms with van der Waals surface area (Å²) in [4.78, 5) is 190. The first kappa shape index (κ1) is 130. The number of carbonyl (C=O) groups is 14. The summed E-state index contributed by atoms with van der Waals surface area (Å²) in [5.41, 5.74) is 36.1. The second-order valence-electron chi connectivity index (χ2n) is 37.2. The van der Waals surface area contributed by atoms with Gasteiger partial charge >= 0.3 is 0 Å². The van der Waals surface area contributed by atoms with E-state index < -0.39 is 53.9 Å². The predicted molar refractivity (Wildman–Crippen MR) is 570 cm³/mol. The monoisotopic (exact) mass is 2120 g/mol. The van der Waals surface area contributed by atoms with E-state index in [2.05, 4.69) is 68.1 Å². The van der Waals surface area contributed by atoms with Gasteiger partial charge in [0.15, 0.2) is 23.5 Å². The van der Waals surface area contributed by atoms with Crippen molar-refractivity contribution in [2.75, 3.05) is 180 Å². The predicted octanol–water partition coefficient (Wildman–Crippen LogP) is 3.62. The molecule has 2 aliphatic heterocycles. The van der Waals surface area contributed by atoms with E-state index in [4.69, 9.17) is 62.8 Å². The number of rotatable bonds is 64. The Balaban J connectivity index is 0.000000614. The van der Waals surface area contributed by atoms with Crippen molar-refractivity contribution in [1.82, 2.24) is 62.8 Å². The molecule has 0 unspecified atom stereocenters. The number of amides is 7. The van der Waals surface area contributed by atoms with E-state index in [1.165, 1.54) is 47.4 Å². The van der Waals surface area contributed by atoms with Gasteiger partial charge in [-0.1, -0.05) is 62.6 Å². The number of nitrogens with two attached hydrogens (primary N) is 6. The SMILES string of the molecule is CC[C@H](C)[C@@H]1NC(=O)CCc2cn(nn2)CCCC[C@@H](C(=O)CC[C@@H](CCCN=C(N)N)CN[C@@H](Cc2ccc(O)cc2)C(N)=O)NCC(=O)[C@H](CCCCNC(=O)CCOCCOCCCC(=O)CSC)CCC1=O.CSCC(=O)CCCOCCOCCC(=O)NCCCC[C@@H]1CCNC(=O)COCCOCCNC(=O)CSC[C@@H](C(=O)CC[C@@H](CCCN=C(N)N)CN[C@@H](Cc2ccc(O)cc2)C(N)=O)NCC1=O. The first-order valence-corrected chi connectivity index (χ1v) is 55.9. The van der Waals surface area contributed by atoms with Crippen LogP contribution in [0.3, 0.4) is 0 Å². The molecule has 0 radical (unpaired) electrons. The van der Waals surface area contributed by atoms with E-state index >= 15 is 0 Å². The van der Waals surface area contributed by atoms with Crippen LogP contribution in [0.1, 0.15) is 210 Å². The average molecular weight is 2120 g/mol. The van der Waals surface area contributed by atoms with Crippen LogP contribution in [0.5, 0.6) is 11.5 Å². The van der Waals surface area contributed by atoms with Gasteiger partial charge in [0.25, 0.3) is 0 Å². The van der Waals surface area contributed by atoms with Crippen molar-refractivity contribution in [3.05, 3.63) is 71.5 Å². The lowest BCUT2D eigenvalue weighted by atomic mass is 9.87. The fourth-order valence-corrected chi connectivity index (χ4v) is 18.2. The molecule has 23 N–H and O–H groups in total. The molecule has 828 valence electrons. The molecule has 1 fully saturated rings. The number of benzene rings is 2. The minimum atomic E-state index is -0.770. The van der Waals surface area contributed by atoms with E-state index in [-0.39, 0.29) is 233 Å². The van der Waals surface area contributed by atoms with E-state index in [9.17, 15) is 77.3 Å². The van der Waals surface area contributed by atoms with Crippen molar-refractivity contribution in [2.24, 2.45) is 74.0 Å². The summed E-state index contributed by atoms with van der Waals surface area (Å²) >= 11 is 4.29. The van der Waals surface area contributed by atoms with Crippen LogP contribution in [-0.4, -0.2) is 329 Å². The van der Waals surface area contributed by atoms with Gasteiger partial charge in [-0.05, 0) is 201 Å². The van der Waals surface area contributed by atoms with Gasteiger partial charge < -0.3 is 116 Å². The number of aromatic hydroxyl groups is 2. The lowest BCUT2D eigenvalue weighted by molar-refractivity contribution is -0.129. The first-order valence-electron chi connectivity index (χ1n) is 52.0. The fourth-order valence-electron chi connectivity index (χ4n) is 16.3. The van der Waals surface area contributed by atoms with Crippen molar-refractivity contribution in [1.29, 1.82) is 0 Å². The van der Waals surface area contributed by atoms with Crippen LogP contribution in [-0.2, 0) is 121 Å². The highest BCUT2D eigenvalue weighted by Crippen LogP contribution is 2.25. The first-order chi connectivity index (χ1) is 70.8. The van der Waals surface area contributed by atoms with E-state index in [1.54, 1.807) is 41.1 Å². The van der Waals surface area contributed by atoms with Crippen LogP contribution in [0.25, 0.3) is 0 Å². The number of hydrogen-bond acceptors (Lipinski definition) is 33. The highest BCUT2D eigenvalue weighted by molar-refractivity contribution is 8.00. The van der Waals surface area contributed by atoms with Gasteiger partial charge in [-0.3, -0.25) is 87.1 Å². The Kier molecular flexibility index (Phi) is 71.6. The standard InChI is InChI=1S/C54H89N11O10S.C48H81N9O12S2/c1-4-38(2)52-48(69)23-18-41(12-5-7-26-58-50(71)25-30-75-32-31-74-29-10-13-44(67)37-76-3)49(70)35-61-45(14-6-8-28-65-36-42(63-64-65)19-24-51(72)62-52)47(68)22-17-40(11-9-27-59-54(56)57)34-60-46(53(55)73)33-39-15-20-43(66)21-16-39;1-70-32-39(59)8-5-21-66-24-25-67-22-16-44(62)52-17-3-2-7-37-15-19-53-45(63)31-69-27-26-68-23-20-54-46(64)34-71-33-41(57-30-43(37)61)42(60)14-11-36(6-4-18-55-48(50)51)29-56-40(47(49)65)28-35-9-12-38(58)13-10-35/h15-16,20-21,36,38,40-41,45-46,52,60-61,66H,4-14,17-19,22-35,37H2,1-3H3,(H2,55,73)(H,58,71)(H,62,72)(H4,56,57,59);9-10,12-13,36-37,40-41,56-58H,2-8,11,14-34H2,1H3,(H2,49,65)(H,52,62)(H,53,63)(H,54,64)(H4,50,51,55)/t38-,40+,41+,45-,46-,52-;36-,37-,40+,41+/m01/s1. The molecule has 0 aliphatic carbocycles. The Hall–Kier alpha value is -9.65. The zero-order valence-electron chi connectivity index (χ0n) is 87.0. The molecule has 10 atom stereocenters. The molecule has 0 saturated carbocycles. The molecule has 1 saturated heterocycles. The maximum atomic E-state index is 14.3. The smallest absolute Gasteiger partial charge is 0.245 e. The number of primary amides is 2. The van der Waals surface area contributed by atoms with Gasteiger partial charge in [0.05, 0.1) is 126 Å². The molecule has 7 amide bonds. The van der Waals surface area contributed by atoms with Gasteiger partial charge in [0, 0.05) is 141 Å². The van der Waals surface area contributed by atoms with Crippen LogP contribution >= 0.6 is 35.3 Å². The van der Waals surface area contributed by atoms with Gasteiger partial charge in [0.1, 0.15) is 47.0 Å². The van der Waals surface area contributed by atoms with Gasteiger partial charge in [0.2, 0.25) is 41.4 Å². The number of hydrogen-bond donors (Lipinski definition) is 17. The number of aryl methyl sites for hydroxylation is 2. The number of ketones is 7. The highest BCUT2D eigenvalue weighted by atomic mass is 32.2. The van der Waals surface area contributed by atoms with Crippen molar-refractivity contribution >= 4 is 129 Å². The Bertz CT molecular complexity index is 4370. The van der Waals surface area contributed by atoms with E-state index in [1.807, 2.05) is 32.6 Å². The number of ether oxygens (including phenoxy) is 6. The van der Waals surface area contributed by atoms with E-state index in [0.717, 1.165) is 11.1 Å². The number of nitrogens with zero attached hydrogens (tertiary/aromatic N) is 5. The number of phenols is 2. The largest absolute Gasteiger partial charge is 0.508 e. The number of aromatic nitrogens is 3. The summed E-state index contributed by atoms with van der Waals surface area (Å²) < 4.78 is 34.7. The number of unbranched alkanes of at least 4 members (excludes halogenated alkanes) is 2. The minimum Gasteiger partial charge on any atom is -0.508 e. The molecule has 45 heteroatoms. The molecule has 3 heterocycles. The van der Waals surface area contributed by atoms with Crippen molar-refractivity contribution < 1.29 is 106 Å². The molecule has 147 heavy (non-hydrogen) atoms. The van der Waals surface area contributed by atoms with Gasteiger partial charge in [-0.25, -0.2) is 0 Å². The van der Waals surface area contributed by atoms with Crippen LogP contribution in [0.2, 0.25) is 0 Å². The number of carbonyl (C=O) groups excluding carboxylic acids is 14. The van der Waals surface area contributed by atoms with Crippen LogP contribution in [0, 0.1) is 29.6 Å². The Morgan fingerprint density at radius 3 is 1.54 bits per heavy atom. The molecule has 0 spiro atoms. The number of Topliss-reactive ketones (excluding diaryl/α,β-unsaturated/α-hetero) is 7. The molecular weight excluding hydrogens is 1950 g/mol. The third-order valence-corrected chi connectivity index (χ3v) is 27.3. The minimum absolute atomic E-state index is 0.0167. The number of nitrogens with one attached hydrogen (secondary N) is 9. The lowest BCUT2D eigenvalue weighted by Gasteiger charge is -2.25. The third kappa shape index (κ3) is 64.5. The quantitative estimate of drug-likeness (QED) is 0.0218. The van der Waals surface area contributed by atoms with Gasteiger partial charge in [-0.15, -0.1) is 16.9 Å². The number of thioether (sulfide) groups is 3. The fraction of sp³-hybridized carbons (Fsp3) is 0.706. The normalized spacial score (nSPS) is 18.2. The molecule has 42 nitrogen and oxygen atoms in total. The van der Waals surface area contributed by atoms with Crippen molar-refractivity contribution in [3.8, 4) is 11.5 Å². The van der Waals surface area contributed by atoms with Crippen LogP contribution in [0.4, 0.5) is 0 Å². The summed E-state index contributed by atoms with van der Waals surface area (Å²) in [7, 11) is 0. The Morgan fingerprint density at radius 2 is 1.03 bits per heavy atom. The second kappa shape index (κ2) is 81.2. The number of aliphatic imine (C=N–C) groups is 2. The van der Waals surface area contributed by atoms with Crippen molar-refractivity contribution in [2.45, 2.75) is 250 Å². The topological polar surface area (TPSA) is 655 Å². The zero-order chi connectivity index (χ0) is 107.